The molecule has 0 spiro atoms. The molecule has 1 N–H and O–H groups in total. The van der Waals surface area contributed by atoms with Gasteiger partial charge in [0.15, 0.2) is 5.65 Å². The number of para-hydroxylation sites is 1. The predicted molar refractivity (Wildman–Crippen MR) is 92.0 cm³/mol. The van der Waals surface area contributed by atoms with Crippen molar-refractivity contribution in [1.29, 1.82) is 0 Å². The summed E-state index contributed by atoms with van der Waals surface area (Å²) in [6.45, 7) is 1.62. The average Bonchev–Trinajstić information content (AvgIpc) is 3.29. The molecule has 4 aromatic rings. The lowest BCUT2D eigenvalue weighted by Crippen LogP contribution is -2.07. The van der Waals surface area contributed by atoms with Crippen LogP contribution >= 0.6 is 0 Å². The number of hydrogen-bond donors (Lipinski definition) is 1. The maximum Gasteiger partial charge on any atom is 0.168 e. The van der Waals surface area contributed by atoms with E-state index in [0.717, 1.165) is 24.9 Å². The van der Waals surface area contributed by atoms with Gasteiger partial charge in [-0.1, -0.05) is 12.1 Å². The maximum absolute atomic E-state index is 14.0. The van der Waals surface area contributed by atoms with E-state index in [-0.39, 0.29) is 5.82 Å². The van der Waals surface area contributed by atoms with Gasteiger partial charge in [-0.25, -0.2) is 24.0 Å². The first kappa shape index (κ1) is 15.3. The van der Waals surface area contributed by atoms with Crippen LogP contribution in [-0.2, 0) is 6.54 Å². The van der Waals surface area contributed by atoms with E-state index in [1.165, 1.54) is 17.1 Å². The van der Waals surface area contributed by atoms with Gasteiger partial charge in [0, 0.05) is 25.5 Å². The highest BCUT2D eigenvalue weighted by atomic mass is 19.1. The molecule has 8 heteroatoms. The van der Waals surface area contributed by atoms with Crippen molar-refractivity contribution >= 4 is 16.9 Å². The molecule has 0 saturated heterocycles. The van der Waals surface area contributed by atoms with Crippen LogP contribution in [0.2, 0.25) is 0 Å². The standard InChI is InChI=1S/C17H16FN7/c18-14-4-1-2-5-15(14)25-17-13(10-23-25)16(21-11-22-17)20-6-3-8-24-9-7-19-12-24/h1-2,4-5,7,9-12H,3,6,8H2,(H,20,21,22). The highest BCUT2D eigenvalue weighted by Crippen LogP contribution is 2.22. The van der Waals surface area contributed by atoms with Gasteiger partial charge in [-0.05, 0) is 18.6 Å². The molecule has 0 saturated carbocycles. The third kappa shape index (κ3) is 3.06. The van der Waals surface area contributed by atoms with Crippen LogP contribution in [0.15, 0.2) is 55.5 Å². The number of nitrogens with zero attached hydrogens (tertiary/aromatic N) is 6. The fourth-order valence-corrected chi connectivity index (χ4v) is 2.67. The van der Waals surface area contributed by atoms with Gasteiger partial charge < -0.3 is 9.88 Å². The number of anilines is 1. The van der Waals surface area contributed by atoms with Gasteiger partial charge in [-0.15, -0.1) is 0 Å². The minimum Gasteiger partial charge on any atom is -0.369 e. The van der Waals surface area contributed by atoms with Crippen LogP contribution in [0.25, 0.3) is 16.7 Å². The number of halogens is 1. The molecular weight excluding hydrogens is 321 g/mol. The first-order valence-electron chi connectivity index (χ1n) is 7.96. The van der Waals surface area contributed by atoms with Crippen LogP contribution in [0, 0.1) is 5.82 Å². The third-order valence-electron chi connectivity index (χ3n) is 3.89. The Morgan fingerprint density at radius 1 is 1.16 bits per heavy atom. The van der Waals surface area contributed by atoms with Crippen LogP contribution in [0.5, 0.6) is 0 Å². The van der Waals surface area contributed by atoms with Crippen molar-refractivity contribution in [1.82, 2.24) is 29.3 Å². The lowest BCUT2D eigenvalue weighted by atomic mass is 10.3. The Morgan fingerprint density at radius 3 is 2.92 bits per heavy atom. The van der Waals surface area contributed by atoms with Crippen LogP contribution in [-0.4, -0.2) is 35.8 Å². The van der Waals surface area contributed by atoms with E-state index in [1.54, 1.807) is 36.9 Å². The smallest absolute Gasteiger partial charge is 0.168 e. The predicted octanol–water partition coefficient (Wildman–Crippen LogP) is 2.65. The number of aromatic nitrogens is 6. The molecule has 0 unspecified atom stereocenters. The van der Waals surface area contributed by atoms with Crippen LogP contribution in [0.4, 0.5) is 10.2 Å². The fourth-order valence-electron chi connectivity index (χ4n) is 2.67. The van der Waals surface area contributed by atoms with Crippen molar-refractivity contribution in [3.05, 3.63) is 61.3 Å². The lowest BCUT2D eigenvalue weighted by molar-refractivity contribution is 0.612. The second kappa shape index (κ2) is 6.68. The van der Waals surface area contributed by atoms with E-state index in [0.29, 0.717) is 17.2 Å². The van der Waals surface area contributed by atoms with Gasteiger partial charge in [0.2, 0.25) is 0 Å². The summed E-state index contributed by atoms with van der Waals surface area (Å²) in [4.78, 5) is 12.6. The Balaban J connectivity index is 1.54. The van der Waals surface area contributed by atoms with Crippen LogP contribution in [0.3, 0.4) is 0 Å². The molecule has 0 aliphatic rings. The summed E-state index contributed by atoms with van der Waals surface area (Å²) in [6.07, 6.45) is 9.52. The highest BCUT2D eigenvalue weighted by Gasteiger charge is 2.13. The summed E-state index contributed by atoms with van der Waals surface area (Å²) in [5.41, 5.74) is 0.930. The first-order chi connectivity index (χ1) is 12.3. The summed E-state index contributed by atoms with van der Waals surface area (Å²) in [6, 6.07) is 6.48. The zero-order valence-corrected chi connectivity index (χ0v) is 13.4. The van der Waals surface area contributed by atoms with E-state index >= 15 is 0 Å². The van der Waals surface area contributed by atoms with Crippen LogP contribution < -0.4 is 5.32 Å². The molecular formula is C17H16FN7. The van der Waals surface area contributed by atoms with Gasteiger partial charge in [0.1, 0.15) is 23.6 Å². The molecule has 1 aromatic carbocycles. The minimum absolute atomic E-state index is 0.346. The SMILES string of the molecule is Fc1ccccc1-n1ncc2c(NCCCn3ccnc3)ncnc21. The molecule has 4 rings (SSSR count). The normalized spacial score (nSPS) is 11.1. The maximum atomic E-state index is 14.0. The molecule has 0 bridgehead atoms. The summed E-state index contributed by atoms with van der Waals surface area (Å²) in [5, 5.41) is 8.33. The number of hydrogen-bond acceptors (Lipinski definition) is 5. The molecule has 0 amide bonds. The Morgan fingerprint density at radius 2 is 2.08 bits per heavy atom. The largest absolute Gasteiger partial charge is 0.369 e. The molecule has 25 heavy (non-hydrogen) atoms. The zero-order chi connectivity index (χ0) is 17.1. The van der Waals surface area contributed by atoms with Gasteiger partial charge in [-0.3, -0.25) is 0 Å². The van der Waals surface area contributed by atoms with Gasteiger partial charge in [-0.2, -0.15) is 5.10 Å². The highest BCUT2D eigenvalue weighted by molar-refractivity contribution is 5.87. The molecule has 0 aliphatic carbocycles. The van der Waals surface area contributed by atoms with Crippen molar-refractivity contribution in [2.45, 2.75) is 13.0 Å². The van der Waals surface area contributed by atoms with Crippen LogP contribution in [0.1, 0.15) is 6.42 Å². The van der Waals surface area contributed by atoms with Crippen molar-refractivity contribution in [3.8, 4) is 5.69 Å². The van der Waals surface area contributed by atoms with E-state index in [2.05, 4.69) is 25.4 Å². The van der Waals surface area contributed by atoms with Crippen molar-refractivity contribution < 1.29 is 4.39 Å². The molecule has 3 aromatic heterocycles. The third-order valence-corrected chi connectivity index (χ3v) is 3.89. The summed E-state index contributed by atoms with van der Waals surface area (Å²) in [7, 11) is 0. The molecule has 0 fully saturated rings. The van der Waals surface area contributed by atoms with Gasteiger partial charge in [0.25, 0.3) is 0 Å². The molecule has 0 radical (unpaired) electrons. The topological polar surface area (TPSA) is 73.5 Å². The number of rotatable bonds is 6. The van der Waals surface area contributed by atoms with E-state index in [9.17, 15) is 4.39 Å². The number of aryl methyl sites for hydroxylation is 1. The van der Waals surface area contributed by atoms with E-state index in [4.69, 9.17) is 0 Å². The molecule has 126 valence electrons. The second-order valence-electron chi connectivity index (χ2n) is 5.55. The number of benzene rings is 1. The second-order valence-corrected chi connectivity index (χ2v) is 5.55. The Labute approximate surface area is 143 Å². The lowest BCUT2D eigenvalue weighted by Gasteiger charge is -2.07. The fraction of sp³-hybridized carbons (Fsp3) is 0.176. The Kier molecular flexibility index (Phi) is 4.07. The number of fused-ring (bicyclic) bond motifs is 1. The van der Waals surface area contributed by atoms with Gasteiger partial charge in [0.05, 0.1) is 17.9 Å². The quantitative estimate of drug-likeness (QED) is 0.548. The Hall–Kier alpha value is -3.29. The molecule has 0 atom stereocenters. The van der Waals surface area contributed by atoms with Gasteiger partial charge >= 0.3 is 0 Å². The molecule has 3 heterocycles. The Bertz CT molecular complexity index is 978. The van der Waals surface area contributed by atoms with Crippen molar-refractivity contribution in [3.63, 3.8) is 0 Å². The minimum atomic E-state index is -0.346. The first-order valence-corrected chi connectivity index (χ1v) is 7.96. The zero-order valence-electron chi connectivity index (χ0n) is 13.4. The molecule has 0 aliphatic heterocycles. The van der Waals surface area contributed by atoms with Crippen molar-refractivity contribution in [2.24, 2.45) is 0 Å². The average molecular weight is 337 g/mol. The number of nitrogens with one attached hydrogen (secondary N) is 1. The summed E-state index contributed by atoms with van der Waals surface area (Å²) >= 11 is 0. The number of imidazole rings is 1. The summed E-state index contributed by atoms with van der Waals surface area (Å²) < 4.78 is 17.5. The van der Waals surface area contributed by atoms with E-state index in [1.807, 2.05) is 10.8 Å². The summed E-state index contributed by atoms with van der Waals surface area (Å²) in [5.74, 6) is 0.346. The monoisotopic (exact) mass is 337 g/mol. The molecule has 7 nitrogen and oxygen atoms in total. The van der Waals surface area contributed by atoms with E-state index < -0.39 is 0 Å². The van der Waals surface area contributed by atoms with Crippen molar-refractivity contribution in [2.75, 3.05) is 11.9 Å².